The first-order chi connectivity index (χ1) is 9.74. The summed E-state index contributed by atoms with van der Waals surface area (Å²) in [7, 11) is 0. The molecule has 2 aromatic heterocycles. The number of aromatic amines is 1. The first-order valence-corrected chi connectivity index (χ1v) is 7.71. The van der Waals surface area contributed by atoms with Gasteiger partial charge in [-0.15, -0.1) is 5.10 Å². The monoisotopic (exact) mass is 293 g/mol. The summed E-state index contributed by atoms with van der Waals surface area (Å²) in [5.41, 5.74) is 0.815. The number of thioether (sulfide) groups is 1. The largest absolute Gasteiger partial charge is 0.370 e. The van der Waals surface area contributed by atoms with Crippen LogP contribution >= 0.6 is 11.8 Å². The fourth-order valence-electron chi connectivity index (χ4n) is 1.81. The Bertz CT molecular complexity index is 607. The van der Waals surface area contributed by atoms with E-state index in [1.54, 1.807) is 4.57 Å². The maximum Gasteiger partial charge on any atom is 0.343 e. The van der Waals surface area contributed by atoms with Gasteiger partial charge < -0.3 is 5.32 Å². The maximum absolute atomic E-state index is 11.6. The summed E-state index contributed by atoms with van der Waals surface area (Å²) in [5, 5.41) is 10.4. The van der Waals surface area contributed by atoms with Crippen molar-refractivity contribution in [3.05, 3.63) is 34.4 Å². The van der Waals surface area contributed by atoms with Crippen LogP contribution in [0.2, 0.25) is 0 Å². The zero-order valence-corrected chi connectivity index (χ0v) is 12.5. The Balaban J connectivity index is 2.05. The summed E-state index contributed by atoms with van der Waals surface area (Å²) in [5.74, 6) is 1.56. The van der Waals surface area contributed by atoms with Crippen molar-refractivity contribution in [2.45, 2.75) is 37.7 Å². The Kier molecular flexibility index (Phi) is 5.23. The molecule has 0 unspecified atom stereocenters. The lowest BCUT2D eigenvalue weighted by Gasteiger charge is -2.06. The third kappa shape index (κ3) is 3.63. The van der Waals surface area contributed by atoms with Gasteiger partial charge in [-0.3, -0.25) is 4.57 Å². The molecule has 108 valence electrons. The van der Waals surface area contributed by atoms with Crippen LogP contribution in [0, 0.1) is 0 Å². The van der Waals surface area contributed by atoms with Crippen LogP contribution in [-0.2, 0) is 12.3 Å². The molecule has 0 saturated heterocycles. The molecule has 2 heterocycles. The number of rotatable bonds is 7. The van der Waals surface area contributed by atoms with E-state index in [2.05, 4.69) is 20.5 Å². The number of aromatic nitrogens is 4. The Labute approximate surface area is 122 Å². The Morgan fingerprint density at radius 3 is 3.00 bits per heavy atom. The van der Waals surface area contributed by atoms with Crippen LogP contribution in [0.1, 0.15) is 26.0 Å². The average Bonchev–Trinajstić information content (AvgIpc) is 2.79. The van der Waals surface area contributed by atoms with Crippen LogP contribution in [-0.4, -0.2) is 26.3 Å². The maximum atomic E-state index is 11.6. The van der Waals surface area contributed by atoms with E-state index >= 15 is 0 Å². The highest BCUT2D eigenvalue weighted by atomic mass is 32.2. The third-order valence-corrected chi connectivity index (χ3v) is 3.69. The smallest absolute Gasteiger partial charge is 0.343 e. The van der Waals surface area contributed by atoms with E-state index in [1.165, 1.54) is 11.8 Å². The second kappa shape index (κ2) is 7.14. The van der Waals surface area contributed by atoms with Gasteiger partial charge in [0.2, 0.25) is 0 Å². The van der Waals surface area contributed by atoms with E-state index < -0.39 is 0 Å². The van der Waals surface area contributed by atoms with Gasteiger partial charge in [-0.25, -0.2) is 14.9 Å². The standard InChI is InChI=1S/C13H19N5OS/c1-3-8-18-12(19)16-17-13(18)20-9-10-6-5-7-11(15-10)14-4-2/h5-7H,3-4,8-9H2,1-2H3,(H,14,15)(H,16,19). The van der Waals surface area contributed by atoms with Gasteiger partial charge in [0, 0.05) is 18.8 Å². The number of nitrogens with zero attached hydrogens (tertiary/aromatic N) is 3. The molecule has 0 aliphatic carbocycles. The summed E-state index contributed by atoms with van der Waals surface area (Å²) in [4.78, 5) is 16.1. The van der Waals surface area contributed by atoms with Crippen LogP contribution < -0.4 is 11.0 Å². The van der Waals surface area contributed by atoms with Crippen LogP contribution in [0.15, 0.2) is 28.2 Å². The topological polar surface area (TPSA) is 75.6 Å². The minimum absolute atomic E-state index is 0.149. The summed E-state index contributed by atoms with van der Waals surface area (Å²) < 4.78 is 1.67. The van der Waals surface area contributed by atoms with E-state index in [1.807, 2.05) is 32.0 Å². The molecule has 0 aromatic carbocycles. The van der Waals surface area contributed by atoms with Gasteiger partial charge in [0.15, 0.2) is 5.16 Å². The van der Waals surface area contributed by atoms with Crippen LogP contribution in [0.25, 0.3) is 0 Å². The van der Waals surface area contributed by atoms with Crippen molar-refractivity contribution in [3.63, 3.8) is 0 Å². The fraction of sp³-hybridized carbons (Fsp3) is 0.462. The minimum Gasteiger partial charge on any atom is -0.370 e. The number of pyridine rings is 1. The summed E-state index contributed by atoms with van der Waals surface area (Å²) in [6.07, 6.45) is 0.904. The third-order valence-electron chi connectivity index (χ3n) is 2.68. The van der Waals surface area contributed by atoms with Crippen molar-refractivity contribution >= 4 is 17.6 Å². The van der Waals surface area contributed by atoms with E-state index in [0.29, 0.717) is 17.5 Å². The van der Waals surface area contributed by atoms with E-state index in [4.69, 9.17) is 0 Å². The van der Waals surface area contributed by atoms with Gasteiger partial charge in [0.05, 0.1) is 5.69 Å². The minimum atomic E-state index is -0.149. The Morgan fingerprint density at radius 2 is 2.25 bits per heavy atom. The lowest BCUT2D eigenvalue weighted by atomic mass is 10.4. The number of H-pyrrole nitrogens is 1. The zero-order chi connectivity index (χ0) is 14.4. The van der Waals surface area contributed by atoms with Crippen molar-refractivity contribution in [2.75, 3.05) is 11.9 Å². The predicted octanol–water partition coefficient (Wildman–Crippen LogP) is 2.10. The van der Waals surface area contributed by atoms with Gasteiger partial charge in [0.25, 0.3) is 0 Å². The molecule has 0 aliphatic rings. The molecule has 0 aliphatic heterocycles. The molecule has 0 atom stereocenters. The molecule has 0 radical (unpaired) electrons. The number of hydrogen-bond donors (Lipinski definition) is 2. The van der Waals surface area contributed by atoms with E-state index in [0.717, 1.165) is 24.5 Å². The van der Waals surface area contributed by atoms with Gasteiger partial charge in [-0.1, -0.05) is 24.8 Å². The van der Waals surface area contributed by atoms with Crippen molar-refractivity contribution in [3.8, 4) is 0 Å². The zero-order valence-electron chi connectivity index (χ0n) is 11.7. The summed E-state index contributed by atoms with van der Waals surface area (Å²) in [6.45, 7) is 5.60. The molecule has 20 heavy (non-hydrogen) atoms. The lowest BCUT2D eigenvalue weighted by Crippen LogP contribution is -2.17. The first-order valence-electron chi connectivity index (χ1n) is 6.72. The first kappa shape index (κ1) is 14.6. The van der Waals surface area contributed by atoms with Crippen molar-refractivity contribution < 1.29 is 0 Å². The SMILES string of the molecule is CCCn1c(SCc2cccc(NCC)n2)n[nH]c1=O. The quantitative estimate of drug-likeness (QED) is 0.765. The van der Waals surface area contributed by atoms with E-state index in [9.17, 15) is 4.79 Å². The van der Waals surface area contributed by atoms with Gasteiger partial charge in [0.1, 0.15) is 5.82 Å². The molecule has 6 nitrogen and oxygen atoms in total. The molecular weight excluding hydrogens is 274 g/mol. The molecule has 2 N–H and O–H groups in total. The van der Waals surface area contributed by atoms with E-state index in [-0.39, 0.29) is 5.69 Å². The predicted molar refractivity (Wildman–Crippen MR) is 81.1 cm³/mol. The lowest BCUT2D eigenvalue weighted by molar-refractivity contribution is 0.603. The van der Waals surface area contributed by atoms with Gasteiger partial charge in [-0.05, 0) is 25.5 Å². The molecule has 7 heteroatoms. The molecule has 0 spiro atoms. The summed E-state index contributed by atoms with van der Waals surface area (Å²) >= 11 is 1.52. The second-order valence-electron chi connectivity index (χ2n) is 4.30. The molecule has 0 amide bonds. The van der Waals surface area contributed by atoms with Crippen LogP contribution in [0.3, 0.4) is 0 Å². The Morgan fingerprint density at radius 1 is 1.40 bits per heavy atom. The second-order valence-corrected chi connectivity index (χ2v) is 5.24. The normalized spacial score (nSPS) is 10.7. The average molecular weight is 293 g/mol. The van der Waals surface area contributed by atoms with Gasteiger partial charge in [-0.2, -0.15) is 0 Å². The molecular formula is C13H19N5OS. The molecule has 2 aromatic rings. The van der Waals surface area contributed by atoms with Crippen LogP contribution in [0.4, 0.5) is 5.82 Å². The molecule has 2 rings (SSSR count). The molecule has 0 bridgehead atoms. The van der Waals surface area contributed by atoms with Crippen molar-refractivity contribution in [2.24, 2.45) is 0 Å². The molecule has 0 fully saturated rings. The number of anilines is 1. The fourth-order valence-corrected chi connectivity index (χ4v) is 2.69. The highest BCUT2D eigenvalue weighted by molar-refractivity contribution is 7.98. The van der Waals surface area contributed by atoms with Crippen LogP contribution in [0.5, 0.6) is 0 Å². The number of nitrogens with one attached hydrogen (secondary N) is 2. The van der Waals surface area contributed by atoms with Gasteiger partial charge >= 0.3 is 5.69 Å². The summed E-state index contributed by atoms with van der Waals surface area (Å²) in [6, 6.07) is 5.90. The highest BCUT2D eigenvalue weighted by Crippen LogP contribution is 2.19. The molecule has 0 saturated carbocycles. The van der Waals surface area contributed by atoms with Crippen molar-refractivity contribution in [1.29, 1.82) is 0 Å². The highest BCUT2D eigenvalue weighted by Gasteiger charge is 2.08. The van der Waals surface area contributed by atoms with Crippen molar-refractivity contribution in [1.82, 2.24) is 19.7 Å². The number of hydrogen-bond acceptors (Lipinski definition) is 5. The Hall–Kier alpha value is -1.76.